The van der Waals surface area contributed by atoms with Crippen molar-refractivity contribution in [2.75, 3.05) is 24.6 Å². The Balaban J connectivity index is 1.86. The molecule has 1 saturated heterocycles. The first kappa shape index (κ1) is 15.9. The maximum absolute atomic E-state index is 13.6. The number of nitrogens with one attached hydrogen (secondary N) is 1. The summed E-state index contributed by atoms with van der Waals surface area (Å²) in [5, 5.41) is 3.00. The van der Waals surface area contributed by atoms with Gasteiger partial charge in [-0.2, -0.15) is 11.8 Å². The van der Waals surface area contributed by atoms with E-state index in [2.05, 4.69) is 10.3 Å². The van der Waals surface area contributed by atoms with Gasteiger partial charge < -0.3 is 14.8 Å². The molecule has 1 aliphatic rings. The zero-order valence-corrected chi connectivity index (χ0v) is 13.7. The van der Waals surface area contributed by atoms with Crippen molar-refractivity contribution in [2.24, 2.45) is 7.05 Å². The molecule has 1 fully saturated rings. The van der Waals surface area contributed by atoms with Gasteiger partial charge in [0.2, 0.25) is 0 Å². The highest BCUT2D eigenvalue weighted by Gasteiger charge is 2.24. The van der Waals surface area contributed by atoms with Crippen LogP contribution in [0.4, 0.5) is 9.18 Å². The van der Waals surface area contributed by atoms with Crippen LogP contribution in [0.15, 0.2) is 36.7 Å². The average Bonchev–Trinajstić information content (AvgIpc) is 2.99. The molecule has 2 aromatic rings. The Morgan fingerprint density at radius 1 is 1.39 bits per heavy atom. The third-order valence-electron chi connectivity index (χ3n) is 3.86. The number of hydrogen-bond donors (Lipinski definition) is 1. The van der Waals surface area contributed by atoms with Gasteiger partial charge in [0, 0.05) is 44.0 Å². The molecule has 0 radical (unpaired) electrons. The lowest BCUT2D eigenvalue weighted by Crippen LogP contribution is -2.46. The predicted octanol–water partition coefficient (Wildman–Crippen LogP) is 2.41. The zero-order chi connectivity index (χ0) is 16.2. The van der Waals surface area contributed by atoms with Crippen molar-refractivity contribution < 1.29 is 9.18 Å². The van der Waals surface area contributed by atoms with E-state index in [1.54, 1.807) is 23.2 Å². The summed E-state index contributed by atoms with van der Waals surface area (Å²) in [6, 6.07) is 5.66. The molecule has 0 saturated carbocycles. The Morgan fingerprint density at radius 3 is 2.83 bits per heavy atom. The fraction of sp³-hybridized carbons (Fsp3) is 0.375. The molecule has 5 nitrogen and oxygen atoms in total. The van der Waals surface area contributed by atoms with E-state index >= 15 is 0 Å². The fourth-order valence-corrected chi connectivity index (χ4v) is 3.52. The molecule has 2 amide bonds. The van der Waals surface area contributed by atoms with Crippen molar-refractivity contribution in [2.45, 2.75) is 6.04 Å². The minimum atomic E-state index is -0.479. The van der Waals surface area contributed by atoms with Crippen LogP contribution >= 0.6 is 11.8 Å². The number of aromatic nitrogens is 2. The van der Waals surface area contributed by atoms with E-state index in [0.717, 1.165) is 24.6 Å². The lowest BCUT2D eigenvalue weighted by molar-refractivity contribution is 0.200. The molecule has 1 aromatic heterocycles. The number of amides is 2. The molecule has 1 aromatic carbocycles. The van der Waals surface area contributed by atoms with E-state index in [1.807, 2.05) is 29.6 Å². The van der Waals surface area contributed by atoms with Gasteiger partial charge in [0.1, 0.15) is 17.7 Å². The molecule has 0 spiro atoms. The van der Waals surface area contributed by atoms with Gasteiger partial charge in [0.15, 0.2) is 0 Å². The van der Waals surface area contributed by atoms with Gasteiger partial charge in [-0.3, -0.25) is 0 Å². The Hall–Kier alpha value is -2.02. The summed E-state index contributed by atoms with van der Waals surface area (Å²) in [5.41, 5.74) is 0.680. The number of rotatable bonds is 3. The Bertz CT molecular complexity index is 684. The van der Waals surface area contributed by atoms with E-state index in [9.17, 15) is 9.18 Å². The van der Waals surface area contributed by atoms with Crippen LogP contribution in [0, 0.1) is 5.82 Å². The topological polar surface area (TPSA) is 50.2 Å². The van der Waals surface area contributed by atoms with Gasteiger partial charge in [0.25, 0.3) is 0 Å². The molecule has 122 valence electrons. The Morgan fingerprint density at radius 2 is 2.17 bits per heavy atom. The van der Waals surface area contributed by atoms with Gasteiger partial charge in [0.05, 0.1) is 0 Å². The zero-order valence-electron chi connectivity index (χ0n) is 12.9. The standard InChI is InChI=1S/C16H19FN4OS/c1-20-6-5-18-15(20)14(12-3-2-4-13(17)11-12)19-16(22)21-7-9-23-10-8-21/h2-6,11,14H,7-10H2,1H3,(H,19,22). The number of thioether (sulfide) groups is 1. The molecule has 3 rings (SSSR count). The van der Waals surface area contributed by atoms with Crippen LogP contribution in [0.25, 0.3) is 0 Å². The average molecular weight is 334 g/mol. The normalized spacial score (nSPS) is 16.2. The molecular weight excluding hydrogens is 315 g/mol. The SMILES string of the molecule is Cn1ccnc1C(NC(=O)N1CCSCC1)c1cccc(F)c1. The lowest BCUT2D eigenvalue weighted by atomic mass is 10.1. The van der Waals surface area contributed by atoms with Crippen LogP contribution in [0.2, 0.25) is 0 Å². The smallest absolute Gasteiger partial charge is 0.318 e. The van der Waals surface area contributed by atoms with Crippen molar-refractivity contribution >= 4 is 17.8 Å². The molecule has 0 aliphatic carbocycles. The highest BCUT2D eigenvalue weighted by molar-refractivity contribution is 7.99. The highest BCUT2D eigenvalue weighted by atomic mass is 32.2. The van der Waals surface area contributed by atoms with Crippen LogP contribution in [-0.2, 0) is 7.05 Å². The van der Waals surface area contributed by atoms with Crippen LogP contribution in [0.1, 0.15) is 17.4 Å². The molecule has 7 heteroatoms. The number of nitrogens with zero attached hydrogens (tertiary/aromatic N) is 3. The molecule has 1 unspecified atom stereocenters. The van der Waals surface area contributed by atoms with E-state index in [0.29, 0.717) is 11.4 Å². The number of halogens is 1. The Labute approximate surface area is 138 Å². The fourth-order valence-electron chi connectivity index (χ4n) is 2.62. The van der Waals surface area contributed by atoms with Crippen LogP contribution in [-0.4, -0.2) is 45.1 Å². The molecule has 23 heavy (non-hydrogen) atoms. The summed E-state index contributed by atoms with van der Waals surface area (Å²) in [7, 11) is 1.86. The van der Waals surface area contributed by atoms with E-state index in [4.69, 9.17) is 0 Å². The second-order valence-electron chi connectivity index (χ2n) is 5.43. The first-order chi connectivity index (χ1) is 11.1. The van der Waals surface area contributed by atoms with Gasteiger partial charge in [-0.25, -0.2) is 14.2 Å². The number of hydrogen-bond acceptors (Lipinski definition) is 3. The van der Waals surface area contributed by atoms with Gasteiger partial charge in [-0.05, 0) is 17.7 Å². The summed E-state index contributed by atoms with van der Waals surface area (Å²) in [6.07, 6.45) is 3.48. The quantitative estimate of drug-likeness (QED) is 0.938. The summed E-state index contributed by atoms with van der Waals surface area (Å²) >= 11 is 1.85. The molecule has 1 atom stereocenters. The predicted molar refractivity (Wildman–Crippen MR) is 88.9 cm³/mol. The number of benzene rings is 1. The number of imidazole rings is 1. The molecule has 1 aliphatic heterocycles. The van der Waals surface area contributed by atoms with Crippen LogP contribution in [0.3, 0.4) is 0 Å². The second-order valence-corrected chi connectivity index (χ2v) is 6.66. The van der Waals surface area contributed by atoms with Gasteiger partial charge in [-0.1, -0.05) is 12.1 Å². The number of carbonyl (C=O) groups excluding carboxylic acids is 1. The van der Waals surface area contributed by atoms with E-state index < -0.39 is 6.04 Å². The third-order valence-corrected chi connectivity index (χ3v) is 4.81. The van der Waals surface area contributed by atoms with E-state index in [-0.39, 0.29) is 11.8 Å². The molecule has 2 heterocycles. The second kappa shape index (κ2) is 7.04. The van der Waals surface area contributed by atoms with Crippen LogP contribution in [0.5, 0.6) is 0 Å². The van der Waals surface area contributed by atoms with Crippen molar-refractivity contribution in [1.82, 2.24) is 19.8 Å². The highest BCUT2D eigenvalue weighted by Crippen LogP contribution is 2.22. The summed E-state index contributed by atoms with van der Waals surface area (Å²) < 4.78 is 15.4. The number of aryl methyl sites for hydroxylation is 1. The van der Waals surface area contributed by atoms with E-state index in [1.165, 1.54) is 12.1 Å². The molecular formula is C16H19FN4OS. The number of carbonyl (C=O) groups is 1. The first-order valence-electron chi connectivity index (χ1n) is 7.51. The van der Waals surface area contributed by atoms with Crippen molar-refractivity contribution in [3.8, 4) is 0 Å². The van der Waals surface area contributed by atoms with Crippen molar-refractivity contribution in [3.05, 3.63) is 53.9 Å². The largest absolute Gasteiger partial charge is 0.336 e. The van der Waals surface area contributed by atoms with Crippen molar-refractivity contribution in [1.29, 1.82) is 0 Å². The first-order valence-corrected chi connectivity index (χ1v) is 8.66. The number of urea groups is 1. The summed E-state index contributed by atoms with van der Waals surface area (Å²) in [6.45, 7) is 1.46. The van der Waals surface area contributed by atoms with Gasteiger partial charge in [-0.15, -0.1) is 0 Å². The van der Waals surface area contributed by atoms with Crippen molar-refractivity contribution in [3.63, 3.8) is 0 Å². The lowest BCUT2D eigenvalue weighted by Gasteiger charge is -2.29. The minimum absolute atomic E-state index is 0.137. The maximum atomic E-state index is 13.6. The minimum Gasteiger partial charge on any atom is -0.336 e. The maximum Gasteiger partial charge on any atom is 0.318 e. The Kier molecular flexibility index (Phi) is 4.85. The molecule has 1 N–H and O–H groups in total. The monoisotopic (exact) mass is 334 g/mol. The molecule has 0 bridgehead atoms. The van der Waals surface area contributed by atoms with Crippen LogP contribution < -0.4 is 5.32 Å². The third kappa shape index (κ3) is 3.67. The summed E-state index contributed by atoms with van der Waals surface area (Å²) in [4.78, 5) is 18.7. The van der Waals surface area contributed by atoms with Gasteiger partial charge >= 0.3 is 6.03 Å². The summed E-state index contributed by atoms with van der Waals surface area (Å²) in [5.74, 6) is 2.24.